The number of hydrogen-bond donors (Lipinski definition) is 0. The summed E-state index contributed by atoms with van der Waals surface area (Å²) in [6, 6.07) is 20.3. The summed E-state index contributed by atoms with van der Waals surface area (Å²) in [5.74, 6) is 0.894. The molecule has 1 heterocycles. The standard InChI is InChI=1S/C17H15NOS/c1-3-7-14(8-4-1)11-17-18-12-16(20-17)13-19-15-9-5-2-6-10-15/h1-10,12H,11,13H2. The van der Waals surface area contributed by atoms with Gasteiger partial charge in [-0.15, -0.1) is 11.3 Å². The number of thiazole rings is 1. The van der Waals surface area contributed by atoms with Gasteiger partial charge in [0.1, 0.15) is 12.4 Å². The van der Waals surface area contributed by atoms with Crippen molar-refractivity contribution in [3.8, 4) is 5.75 Å². The number of ether oxygens (including phenoxy) is 1. The lowest BCUT2D eigenvalue weighted by Gasteiger charge is -2.02. The van der Waals surface area contributed by atoms with E-state index in [4.69, 9.17) is 4.74 Å². The van der Waals surface area contributed by atoms with E-state index >= 15 is 0 Å². The normalized spacial score (nSPS) is 10.4. The van der Waals surface area contributed by atoms with Crippen molar-refractivity contribution < 1.29 is 4.74 Å². The van der Waals surface area contributed by atoms with Crippen LogP contribution in [0.4, 0.5) is 0 Å². The maximum Gasteiger partial charge on any atom is 0.124 e. The molecule has 0 N–H and O–H groups in total. The summed E-state index contributed by atoms with van der Waals surface area (Å²) < 4.78 is 5.73. The SMILES string of the molecule is c1ccc(Cc2ncc(COc3ccccc3)s2)cc1. The molecule has 0 saturated carbocycles. The van der Waals surface area contributed by atoms with E-state index in [0.29, 0.717) is 6.61 Å². The number of nitrogens with zero attached hydrogens (tertiary/aromatic N) is 1. The number of aromatic nitrogens is 1. The monoisotopic (exact) mass is 281 g/mol. The first-order valence-corrected chi connectivity index (χ1v) is 7.37. The molecular weight excluding hydrogens is 266 g/mol. The molecule has 0 atom stereocenters. The van der Waals surface area contributed by atoms with Crippen molar-refractivity contribution in [3.05, 3.63) is 82.3 Å². The minimum atomic E-state index is 0.580. The van der Waals surface area contributed by atoms with Gasteiger partial charge in [0.25, 0.3) is 0 Å². The molecule has 0 radical (unpaired) electrons. The molecule has 0 aliphatic heterocycles. The average molecular weight is 281 g/mol. The fraction of sp³-hybridized carbons (Fsp3) is 0.118. The van der Waals surface area contributed by atoms with Crippen LogP contribution in [0.2, 0.25) is 0 Å². The van der Waals surface area contributed by atoms with Gasteiger partial charge in [0.15, 0.2) is 0 Å². The van der Waals surface area contributed by atoms with Gasteiger partial charge in [-0.3, -0.25) is 0 Å². The Morgan fingerprint density at radius 2 is 1.60 bits per heavy atom. The molecule has 0 aliphatic rings. The summed E-state index contributed by atoms with van der Waals surface area (Å²) in [6.45, 7) is 0.580. The van der Waals surface area contributed by atoms with Crippen molar-refractivity contribution >= 4 is 11.3 Å². The van der Waals surface area contributed by atoms with Crippen LogP contribution in [-0.4, -0.2) is 4.98 Å². The highest BCUT2D eigenvalue weighted by molar-refractivity contribution is 7.11. The molecule has 0 saturated heterocycles. The molecule has 0 bridgehead atoms. The van der Waals surface area contributed by atoms with Crippen LogP contribution in [0.25, 0.3) is 0 Å². The second-order valence-corrected chi connectivity index (χ2v) is 5.68. The summed E-state index contributed by atoms with van der Waals surface area (Å²) in [4.78, 5) is 5.61. The molecular formula is C17H15NOS. The third kappa shape index (κ3) is 3.45. The third-order valence-corrected chi connectivity index (χ3v) is 3.89. The summed E-state index contributed by atoms with van der Waals surface area (Å²) in [7, 11) is 0. The summed E-state index contributed by atoms with van der Waals surface area (Å²) in [5.41, 5.74) is 1.29. The largest absolute Gasteiger partial charge is 0.488 e. The van der Waals surface area contributed by atoms with Gasteiger partial charge in [0.2, 0.25) is 0 Å². The number of benzene rings is 2. The first-order chi connectivity index (χ1) is 9.90. The molecule has 3 heteroatoms. The fourth-order valence-electron chi connectivity index (χ4n) is 1.94. The van der Waals surface area contributed by atoms with E-state index in [1.54, 1.807) is 11.3 Å². The number of rotatable bonds is 5. The van der Waals surface area contributed by atoms with Gasteiger partial charge in [-0.1, -0.05) is 48.5 Å². The molecule has 0 amide bonds. The van der Waals surface area contributed by atoms with Gasteiger partial charge in [-0.05, 0) is 17.7 Å². The lowest BCUT2D eigenvalue weighted by atomic mass is 10.2. The quantitative estimate of drug-likeness (QED) is 0.695. The molecule has 0 aliphatic carbocycles. The lowest BCUT2D eigenvalue weighted by molar-refractivity contribution is 0.309. The second kappa shape index (κ2) is 6.35. The van der Waals surface area contributed by atoms with Gasteiger partial charge in [-0.25, -0.2) is 4.98 Å². The topological polar surface area (TPSA) is 22.1 Å². The average Bonchev–Trinajstić information content (AvgIpc) is 2.95. The zero-order chi connectivity index (χ0) is 13.6. The lowest BCUT2D eigenvalue weighted by Crippen LogP contribution is -1.91. The van der Waals surface area contributed by atoms with E-state index in [0.717, 1.165) is 22.1 Å². The maximum absolute atomic E-state index is 5.73. The highest BCUT2D eigenvalue weighted by Crippen LogP contribution is 2.19. The van der Waals surface area contributed by atoms with E-state index in [9.17, 15) is 0 Å². The Hall–Kier alpha value is -2.13. The highest BCUT2D eigenvalue weighted by atomic mass is 32.1. The molecule has 0 unspecified atom stereocenters. The molecule has 0 spiro atoms. The van der Waals surface area contributed by atoms with Crippen LogP contribution < -0.4 is 4.74 Å². The number of hydrogen-bond acceptors (Lipinski definition) is 3. The third-order valence-electron chi connectivity index (χ3n) is 2.92. The van der Waals surface area contributed by atoms with E-state index in [-0.39, 0.29) is 0 Å². The molecule has 20 heavy (non-hydrogen) atoms. The van der Waals surface area contributed by atoms with Crippen LogP contribution >= 0.6 is 11.3 Å². The Morgan fingerprint density at radius 3 is 2.35 bits per heavy atom. The van der Waals surface area contributed by atoms with Gasteiger partial charge in [0.05, 0.1) is 9.88 Å². The van der Waals surface area contributed by atoms with Crippen LogP contribution in [0.5, 0.6) is 5.75 Å². The van der Waals surface area contributed by atoms with E-state index < -0.39 is 0 Å². The molecule has 1 aromatic heterocycles. The van der Waals surface area contributed by atoms with Crippen molar-refractivity contribution in [1.82, 2.24) is 4.98 Å². The Balaban J connectivity index is 1.60. The van der Waals surface area contributed by atoms with E-state index in [2.05, 4.69) is 29.2 Å². The Bertz CT molecular complexity index is 649. The van der Waals surface area contributed by atoms with Crippen LogP contribution in [0.1, 0.15) is 15.4 Å². The summed E-state index contributed by atoms with van der Waals surface area (Å²) in [5, 5.41) is 1.13. The summed E-state index contributed by atoms with van der Waals surface area (Å²) >= 11 is 1.71. The smallest absolute Gasteiger partial charge is 0.124 e. The predicted octanol–water partition coefficient (Wildman–Crippen LogP) is 4.31. The van der Waals surface area contributed by atoms with Gasteiger partial charge >= 0.3 is 0 Å². The first kappa shape index (κ1) is 12.9. The fourth-order valence-corrected chi connectivity index (χ4v) is 2.81. The Labute approximate surface area is 122 Å². The van der Waals surface area contributed by atoms with E-state index in [1.165, 1.54) is 5.56 Å². The maximum atomic E-state index is 5.73. The van der Waals surface area contributed by atoms with Gasteiger partial charge in [0, 0.05) is 12.6 Å². The zero-order valence-electron chi connectivity index (χ0n) is 11.0. The zero-order valence-corrected chi connectivity index (χ0v) is 11.8. The second-order valence-electron chi connectivity index (χ2n) is 4.48. The minimum absolute atomic E-state index is 0.580. The highest BCUT2D eigenvalue weighted by Gasteiger charge is 2.04. The van der Waals surface area contributed by atoms with Crippen molar-refractivity contribution in [1.29, 1.82) is 0 Å². The van der Waals surface area contributed by atoms with Crippen molar-refractivity contribution in [3.63, 3.8) is 0 Å². The van der Waals surface area contributed by atoms with Crippen LogP contribution in [0.3, 0.4) is 0 Å². The molecule has 2 nitrogen and oxygen atoms in total. The van der Waals surface area contributed by atoms with Gasteiger partial charge in [-0.2, -0.15) is 0 Å². The Kier molecular flexibility index (Phi) is 4.09. The molecule has 2 aromatic carbocycles. The van der Waals surface area contributed by atoms with Gasteiger partial charge < -0.3 is 4.74 Å². The molecule has 3 aromatic rings. The summed E-state index contributed by atoms with van der Waals surface area (Å²) in [6.07, 6.45) is 2.79. The predicted molar refractivity (Wildman–Crippen MR) is 82.1 cm³/mol. The molecule has 0 fully saturated rings. The molecule has 100 valence electrons. The van der Waals surface area contributed by atoms with Crippen LogP contribution in [0, 0.1) is 0 Å². The van der Waals surface area contributed by atoms with Crippen molar-refractivity contribution in [2.75, 3.05) is 0 Å². The van der Waals surface area contributed by atoms with E-state index in [1.807, 2.05) is 42.6 Å². The van der Waals surface area contributed by atoms with Crippen LogP contribution in [0.15, 0.2) is 66.9 Å². The number of para-hydroxylation sites is 1. The Morgan fingerprint density at radius 1 is 0.900 bits per heavy atom. The molecule has 3 rings (SSSR count). The first-order valence-electron chi connectivity index (χ1n) is 6.55. The minimum Gasteiger partial charge on any atom is -0.488 e. The van der Waals surface area contributed by atoms with Crippen molar-refractivity contribution in [2.45, 2.75) is 13.0 Å². The van der Waals surface area contributed by atoms with Crippen molar-refractivity contribution in [2.24, 2.45) is 0 Å². The van der Waals surface area contributed by atoms with Crippen LogP contribution in [-0.2, 0) is 13.0 Å².